The van der Waals surface area contributed by atoms with Gasteiger partial charge in [-0.05, 0) is 43.1 Å². The molecular weight excluding hydrogens is 248 g/mol. The maximum atomic E-state index is 11.4. The van der Waals surface area contributed by atoms with Crippen molar-refractivity contribution in [3.63, 3.8) is 0 Å². The zero-order valence-corrected chi connectivity index (χ0v) is 11.5. The Labute approximate surface area is 109 Å². The number of sulfone groups is 1. The largest absolute Gasteiger partial charge is 0.369 e. The average molecular weight is 268 g/mol. The van der Waals surface area contributed by atoms with Gasteiger partial charge in [-0.1, -0.05) is 6.07 Å². The number of benzene rings is 1. The first kappa shape index (κ1) is 13.4. The van der Waals surface area contributed by atoms with Gasteiger partial charge in [0.2, 0.25) is 0 Å². The fraction of sp³-hybridized carbons (Fsp3) is 0.538. The van der Waals surface area contributed by atoms with Gasteiger partial charge < -0.3 is 10.6 Å². The lowest BCUT2D eigenvalue weighted by atomic mass is 10.0. The Bertz CT molecular complexity index is 512. The van der Waals surface area contributed by atoms with E-state index >= 15 is 0 Å². The van der Waals surface area contributed by atoms with Crippen LogP contribution in [-0.2, 0) is 16.3 Å². The summed E-state index contributed by atoms with van der Waals surface area (Å²) in [4.78, 5) is 2.14. The van der Waals surface area contributed by atoms with Crippen LogP contribution in [0.4, 0.5) is 5.69 Å². The highest BCUT2D eigenvalue weighted by molar-refractivity contribution is 7.91. The monoisotopic (exact) mass is 268 g/mol. The standard InChI is InChI=1S/C13H20N2O2S/c1-11-10-13(3-2-12(11)4-5-14)15-6-8-18(16,17)9-7-15/h2-3,10H,4-9,14H2,1H3. The Morgan fingerprint density at radius 1 is 1.28 bits per heavy atom. The summed E-state index contributed by atoms with van der Waals surface area (Å²) >= 11 is 0. The molecule has 0 spiro atoms. The zero-order valence-electron chi connectivity index (χ0n) is 10.7. The topological polar surface area (TPSA) is 63.4 Å². The minimum absolute atomic E-state index is 0.261. The molecule has 2 N–H and O–H groups in total. The van der Waals surface area contributed by atoms with Crippen LogP contribution in [0.3, 0.4) is 0 Å². The Balaban J connectivity index is 2.13. The third kappa shape index (κ3) is 3.03. The van der Waals surface area contributed by atoms with Gasteiger partial charge in [-0.3, -0.25) is 0 Å². The van der Waals surface area contributed by atoms with E-state index in [1.165, 1.54) is 11.1 Å². The van der Waals surface area contributed by atoms with Gasteiger partial charge >= 0.3 is 0 Å². The number of nitrogens with two attached hydrogens (primary N) is 1. The van der Waals surface area contributed by atoms with E-state index in [0.717, 1.165) is 12.1 Å². The van der Waals surface area contributed by atoms with Gasteiger partial charge in [0.1, 0.15) is 0 Å². The highest BCUT2D eigenvalue weighted by atomic mass is 32.2. The van der Waals surface area contributed by atoms with Crippen molar-refractivity contribution in [2.45, 2.75) is 13.3 Å². The number of anilines is 1. The molecule has 0 aromatic heterocycles. The molecule has 0 unspecified atom stereocenters. The number of hydrogen-bond acceptors (Lipinski definition) is 4. The van der Waals surface area contributed by atoms with Crippen LogP contribution in [0.1, 0.15) is 11.1 Å². The van der Waals surface area contributed by atoms with Crippen LogP contribution in [0.2, 0.25) is 0 Å². The van der Waals surface area contributed by atoms with Gasteiger partial charge in [-0.25, -0.2) is 8.42 Å². The number of hydrogen-bond donors (Lipinski definition) is 1. The van der Waals surface area contributed by atoms with E-state index in [4.69, 9.17) is 5.73 Å². The molecule has 5 heteroatoms. The molecule has 2 rings (SSSR count). The summed E-state index contributed by atoms with van der Waals surface area (Å²) in [7, 11) is -2.81. The van der Waals surface area contributed by atoms with Crippen LogP contribution in [0.25, 0.3) is 0 Å². The Morgan fingerprint density at radius 3 is 2.50 bits per heavy atom. The van der Waals surface area contributed by atoms with Gasteiger partial charge in [-0.15, -0.1) is 0 Å². The Hall–Kier alpha value is -1.07. The molecule has 1 aliphatic heterocycles. The quantitative estimate of drug-likeness (QED) is 0.878. The zero-order chi connectivity index (χ0) is 13.2. The summed E-state index contributed by atoms with van der Waals surface area (Å²) in [6.07, 6.45) is 0.889. The van der Waals surface area contributed by atoms with E-state index in [9.17, 15) is 8.42 Å². The molecule has 0 atom stereocenters. The van der Waals surface area contributed by atoms with Gasteiger partial charge in [0, 0.05) is 18.8 Å². The summed E-state index contributed by atoms with van der Waals surface area (Å²) in [5.41, 5.74) is 9.17. The maximum Gasteiger partial charge on any atom is 0.153 e. The fourth-order valence-corrected chi connectivity index (χ4v) is 3.48. The van der Waals surface area contributed by atoms with Crippen molar-refractivity contribution in [2.75, 3.05) is 36.0 Å². The minimum Gasteiger partial charge on any atom is -0.369 e. The smallest absolute Gasteiger partial charge is 0.153 e. The molecule has 1 heterocycles. The van der Waals surface area contributed by atoms with E-state index in [1.807, 2.05) is 0 Å². The molecule has 0 saturated carbocycles. The van der Waals surface area contributed by atoms with Crippen molar-refractivity contribution < 1.29 is 8.42 Å². The van der Waals surface area contributed by atoms with Crippen molar-refractivity contribution in [3.05, 3.63) is 29.3 Å². The van der Waals surface area contributed by atoms with Crippen molar-refractivity contribution in [2.24, 2.45) is 5.73 Å². The molecule has 1 aromatic rings. The first-order valence-electron chi connectivity index (χ1n) is 6.27. The second-order valence-corrected chi connectivity index (χ2v) is 7.09. The second-order valence-electron chi connectivity index (χ2n) is 4.79. The Morgan fingerprint density at radius 2 is 1.94 bits per heavy atom. The second kappa shape index (κ2) is 5.28. The summed E-state index contributed by atoms with van der Waals surface area (Å²) in [5, 5.41) is 0. The molecule has 0 radical (unpaired) electrons. The lowest BCUT2D eigenvalue weighted by molar-refractivity contribution is 0.587. The van der Waals surface area contributed by atoms with Gasteiger partial charge in [0.05, 0.1) is 11.5 Å². The summed E-state index contributed by atoms with van der Waals surface area (Å²) in [5.74, 6) is 0.521. The van der Waals surface area contributed by atoms with Crippen LogP contribution in [0.15, 0.2) is 18.2 Å². The molecular formula is C13H20N2O2S. The van der Waals surface area contributed by atoms with E-state index in [1.54, 1.807) is 0 Å². The summed E-state index contributed by atoms with van der Waals surface area (Å²) in [6, 6.07) is 6.29. The van der Waals surface area contributed by atoms with Crippen LogP contribution >= 0.6 is 0 Å². The highest BCUT2D eigenvalue weighted by Gasteiger charge is 2.21. The van der Waals surface area contributed by atoms with Crippen LogP contribution in [0.5, 0.6) is 0 Å². The molecule has 1 aromatic carbocycles. The Kier molecular flexibility index (Phi) is 3.92. The third-order valence-electron chi connectivity index (χ3n) is 3.45. The summed E-state index contributed by atoms with van der Waals surface area (Å²) in [6.45, 7) is 3.92. The highest BCUT2D eigenvalue weighted by Crippen LogP contribution is 2.21. The number of rotatable bonds is 3. The van der Waals surface area contributed by atoms with Gasteiger partial charge in [-0.2, -0.15) is 0 Å². The molecule has 0 amide bonds. The van der Waals surface area contributed by atoms with Crippen LogP contribution in [0, 0.1) is 6.92 Å². The molecule has 100 valence electrons. The fourth-order valence-electron chi connectivity index (χ4n) is 2.28. The molecule has 4 nitrogen and oxygen atoms in total. The lowest BCUT2D eigenvalue weighted by Gasteiger charge is -2.29. The van der Waals surface area contributed by atoms with Gasteiger partial charge in [0.25, 0.3) is 0 Å². The molecule has 1 aliphatic rings. The summed E-state index contributed by atoms with van der Waals surface area (Å²) < 4.78 is 22.8. The normalized spacial score (nSPS) is 18.9. The first-order chi connectivity index (χ1) is 8.52. The van der Waals surface area contributed by atoms with Crippen LogP contribution < -0.4 is 10.6 Å². The SMILES string of the molecule is Cc1cc(N2CCS(=O)(=O)CC2)ccc1CCN. The predicted octanol–water partition coefficient (Wildman–Crippen LogP) is 0.731. The maximum absolute atomic E-state index is 11.4. The van der Waals surface area contributed by atoms with Crippen molar-refractivity contribution in [1.82, 2.24) is 0 Å². The molecule has 18 heavy (non-hydrogen) atoms. The van der Waals surface area contributed by atoms with Crippen molar-refractivity contribution in [1.29, 1.82) is 0 Å². The van der Waals surface area contributed by atoms with E-state index < -0.39 is 9.84 Å². The third-order valence-corrected chi connectivity index (χ3v) is 5.06. The van der Waals surface area contributed by atoms with E-state index in [0.29, 0.717) is 19.6 Å². The van der Waals surface area contributed by atoms with Gasteiger partial charge in [0.15, 0.2) is 9.84 Å². The molecule has 1 saturated heterocycles. The predicted molar refractivity (Wildman–Crippen MR) is 74.8 cm³/mol. The van der Waals surface area contributed by atoms with Crippen molar-refractivity contribution >= 4 is 15.5 Å². The van der Waals surface area contributed by atoms with E-state index in [-0.39, 0.29) is 11.5 Å². The molecule has 1 fully saturated rings. The van der Waals surface area contributed by atoms with E-state index in [2.05, 4.69) is 30.0 Å². The lowest BCUT2D eigenvalue weighted by Crippen LogP contribution is -2.40. The molecule has 0 bridgehead atoms. The minimum atomic E-state index is -2.81. The van der Waals surface area contributed by atoms with Crippen molar-refractivity contribution in [3.8, 4) is 0 Å². The molecule has 0 aliphatic carbocycles. The first-order valence-corrected chi connectivity index (χ1v) is 8.09. The average Bonchev–Trinajstić information content (AvgIpc) is 2.32. The number of aryl methyl sites for hydroxylation is 1. The van der Waals surface area contributed by atoms with Crippen LogP contribution in [-0.4, -0.2) is 39.6 Å². The number of nitrogens with zero attached hydrogens (tertiary/aromatic N) is 1.